The van der Waals surface area contributed by atoms with Gasteiger partial charge in [-0.3, -0.25) is 15.2 Å². The van der Waals surface area contributed by atoms with Gasteiger partial charge in [-0.1, -0.05) is 23.2 Å². The number of hydrogen-bond acceptors (Lipinski definition) is 5. The molecule has 1 aromatic heterocycles. The molecule has 0 spiro atoms. The Morgan fingerprint density at radius 1 is 1.20 bits per heavy atom. The van der Waals surface area contributed by atoms with E-state index >= 15 is 0 Å². The number of aromatic nitrogens is 1. The second-order valence-electron chi connectivity index (χ2n) is 6.01. The third-order valence-corrected chi connectivity index (χ3v) is 4.44. The van der Waals surface area contributed by atoms with Crippen molar-refractivity contribution < 1.29 is 4.79 Å². The number of anilines is 2. The van der Waals surface area contributed by atoms with Crippen molar-refractivity contribution in [3.63, 3.8) is 0 Å². The zero-order valence-corrected chi connectivity index (χ0v) is 14.7. The van der Waals surface area contributed by atoms with Gasteiger partial charge in [0, 0.05) is 33.8 Å². The van der Waals surface area contributed by atoms with E-state index in [0.717, 1.165) is 24.1 Å². The van der Waals surface area contributed by atoms with Crippen LogP contribution in [-0.4, -0.2) is 23.4 Å². The maximum Gasteiger partial charge on any atom is 0.228 e. The van der Waals surface area contributed by atoms with Crippen molar-refractivity contribution in [1.29, 1.82) is 0 Å². The van der Waals surface area contributed by atoms with Gasteiger partial charge < -0.3 is 5.32 Å². The van der Waals surface area contributed by atoms with Crippen LogP contribution in [0.1, 0.15) is 18.4 Å². The molecule has 2 aliphatic rings. The molecule has 8 heteroatoms. The summed E-state index contributed by atoms with van der Waals surface area (Å²) in [5.41, 5.74) is 4.89. The smallest absolute Gasteiger partial charge is 0.228 e. The Morgan fingerprint density at radius 2 is 1.96 bits per heavy atom. The number of halogens is 2. The summed E-state index contributed by atoms with van der Waals surface area (Å²) in [5.74, 6) is 1.39. The molecule has 0 atom stereocenters. The van der Waals surface area contributed by atoms with Gasteiger partial charge in [-0.15, -0.1) is 0 Å². The number of benzene rings is 1. The van der Waals surface area contributed by atoms with E-state index in [1.165, 1.54) is 0 Å². The summed E-state index contributed by atoms with van der Waals surface area (Å²) in [4.78, 5) is 20.6. The first-order chi connectivity index (χ1) is 12.1. The lowest BCUT2D eigenvalue weighted by atomic mass is 10.2. The largest absolute Gasteiger partial charge is 0.310 e. The van der Waals surface area contributed by atoms with Crippen LogP contribution in [0.4, 0.5) is 11.5 Å². The number of hydrogen-bond donors (Lipinski definition) is 2. The predicted molar refractivity (Wildman–Crippen MR) is 99.1 cm³/mol. The molecule has 4 rings (SSSR count). The monoisotopic (exact) mass is 375 g/mol. The molecule has 1 amide bonds. The minimum absolute atomic E-state index is 0.0320. The SMILES string of the molecule is O=C(Nc1cc(N2CN=C(c3cc(Cl)cc(Cl)c3)N2)ccn1)C1CC1. The van der Waals surface area contributed by atoms with Crippen LogP contribution in [0.15, 0.2) is 41.5 Å². The molecule has 2 aromatic rings. The highest BCUT2D eigenvalue weighted by Crippen LogP contribution is 2.30. The molecule has 2 heterocycles. The van der Waals surface area contributed by atoms with Crippen molar-refractivity contribution in [3.8, 4) is 0 Å². The van der Waals surface area contributed by atoms with Gasteiger partial charge in [0.2, 0.25) is 5.91 Å². The minimum Gasteiger partial charge on any atom is -0.310 e. The van der Waals surface area contributed by atoms with Gasteiger partial charge >= 0.3 is 0 Å². The number of rotatable bonds is 4. The van der Waals surface area contributed by atoms with Gasteiger partial charge in [0.25, 0.3) is 0 Å². The van der Waals surface area contributed by atoms with E-state index in [-0.39, 0.29) is 11.8 Å². The van der Waals surface area contributed by atoms with Crippen molar-refractivity contribution in [2.45, 2.75) is 12.8 Å². The number of carbonyl (C=O) groups is 1. The summed E-state index contributed by atoms with van der Waals surface area (Å²) >= 11 is 12.1. The molecule has 1 fully saturated rings. The Morgan fingerprint density at radius 3 is 2.68 bits per heavy atom. The third-order valence-electron chi connectivity index (χ3n) is 4.00. The molecule has 6 nitrogen and oxygen atoms in total. The molecule has 0 radical (unpaired) electrons. The number of nitrogens with zero attached hydrogens (tertiary/aromatic N) is 3. The van der Waals surface area contributed by atoms with Crippen LogP contribution in [0, 0.1) is 5.92 Å². The maximum atomic E-state index is 11.9. The molecule has 25 heavy (non-hydrogen) atoms. The molecule has 128 valence electrons. The molecule has 1 aliphatic carbocycles. The average molecular weight is 376 g/mol. The van der Waals surface area contributed by atoms with Crippen LogP contribution < -0.4 is 15.8 Å². The lowest BCUT2D eigenvalue weighted by Gasteiger charge is -2.19. The van der Waals surface area contributed by atoms with Gasteiger partial charge in [-0.2, -0.15) is 0 Å². The first kappa shape index (κ1) is 16.2. The average Bonchev–Trinajstić information content (AvgIpc) is 3.31. The fraction of sp³-hybridized carbons (Fsp3) is 0.235. The molecule has 1 saturated carbocycles. The summed E-state index contributed by atoms with van der Waals surface area (Å²) < 4.78 is 0. The first-order valence-electron chi connectivity index (χ1n) is 7.90. The van der Waals surface area contributed by atoms with E-state index in [1.54, 1.807) is 24.4 Å². The molecule has 2 N–H and O–H groups in total. The molecule has 1 aliphatic heterocycles. The minimum atomic E-state index is 0.0320. The molecular formula is C17H15Cl2N5O. The van der Waals surface area contributed by atoms with E-state index in [2.05, 4.69) is 20.7 Å². The fourth-order valence-electron chi connectivity index (χ4n) is 2.56. The maximum absolute atomic E-state index is 11.9. The van der Waals surface area contributed by atoms with Gasteiger partial charge in [-0.05, 0) is 37.1 Å². The van der Waals surface area contributed by atoms with Gasteiger partial charge in [-0.25, -0.2) is 9.98 Å². The Hall–Kier alpha value is -2.31. The van der Waals surface area contributed by atoms with Crippen LogP contribution in [0.2, 0.25) is 10.0 Å². The van der Waals surface area contributed by atoms with Crippen molar-refractivity contribution in [2.24, 2.45) is 10.9 Å². The second-order valence-corrected chi connectivity index (χ2v) is 6.88. The van der Waals surface area contributed by atoms with Crippen LogP contribution in [0.5, 0.6) is 0 Å². The Bertz CT molecular complexity index is 846. The summed E-state index contributed by atoms with van der Waals surface area (Å²) in [7, 11) is 0. The van der Waals surface area contributed by atoms with Gasteiger partial charge in [0.1, 0.15) is 18.3 Å². The number of amidine groups is 1. The number of nitrogens with one attached hydrogen (secondary N) is 2. The zero-order chi connectivity index (χ0) is 17.4. The quantitative estimate of drug-likeness (QED) is 0.858. The number of aliphatic imine (C=N–C) groups is 1. The summed E-state index contributed by atoms with van der Waals surface area (Å²) in [6.45, 7) is 0.430. The normalized spacial score (nSPS) is 16.4. The zero-order valence-electron chi connectivity index (χ0n) is 13.2. The van der Waals surface area contributed by atoms with Crippen LogP contribution >= 0.6 is 23.2 Å². The van der Waals surface area contributed by atoms with Gasteiger partial charge in [0.15, 0.2) is 0 Å². The number of carbonyl (C=O) groups excluding carboxylic acids is 1. The molecule has 1 aromatic carbocycles. The highest BCUT2D eigenvalue weighted by atomic mass is 35.5. The molecular weight excluding hydrogens is 361 g/mol. The molecule has 0 saturated heterocycles. The van der Waals surface area contributed by atoms with Crippen molar-refractivity contribution in [1.82, 2.24) is 10.4 Å². The van der Waals surface area contributed by atoms with Gasteiger partial charge in [0.05, 0.1) is 5.69 Å². The third kappa shape index (κ3) is 3.70. The van der Waals surface area contributed by atoms with E-state index in [1.807, 2.05) is 17.1 Å². The van der Waals surface area contributed by atoms with Crippen molar-refractivity contribution >= 4 is 46.4 Å². The van der Waals surface area contributed by atoms with E-state index in [9.17, 15) is 4.79 Å². The topological polar surface area (TPSA) is 69.6 Å². The second kappa shape index (κ2) is 6.54. The number of amides is 1. The summed E-state index contributed by atoms with van der Waals surface area (Å²) in [5, 5.41) is 5.82. The summed E-state index contributed by atoms with van der Waals surface area (Å²) in [6.07, 6.45) is 3.57. The Labute approximate surface area is 154 Å². The van der Waals surface area contributed by atoms with E-state index in [0.29, 0.717) is 28.4 Å². The highest BCUT2D eigenvalue weighted by molar-refractivity contribution is 6.35. The number of hydrazine groups is 1. The number of pyridine rings is 1. The standard InChI is InChI=1S/C17H15Cl2N5O/c18-12-5-11(6-13(19)7-12)16-21-9-24(23-16)14-3-4-20-15(8-14)22-17(25)10-1-2-10/h3-8,10H,1-2,9H2,(H,21,23)(H,20,22,25). The van der Waals surface area contributed by atoms with E-state index in [4.69, 9.17) is 23.2 Å². The Kier molecular flexibility index (Phi) is 4.23. The van der Waals surface area contributed by atoms with E-state index < -0.39 is 0 Å². The highest BCUT2D eigenvalue weighted by Gasteiger charge is 2.30. The van der Waals surface area contributed by atoms with Crippen LogP contribution in [0.25, 0.3) is 0 Å². The van der Waals surface area contributed by atoms with Crippen molar-refractivity contribution in [3.05, 3.63) is 52.1 Å². The Balaban J connectivity index is 1.48. The molecule has 0 bridgehead atoms. The lowest BCUT2D eigenvalue weighted by Crippen LogP contribution is -2.36. The van der Waals surface area contributed by atoms with Crippen LogP contribution in [0.3, 0.4) is 0 Å². The predicted octanol–water partition coefficient (Wildman–Crippen LogP) is 3.47. The van der Waals surface area contributed by atoms with Crippen LogP contribution in [-0.2, 0) is 4.79 Å². The first-order valence-corrected chi connectivity index (χ1v) is 8.66. The fourth-order valence-corrected chi connectivity index (χ4v) is 3.09. The summed E-state index contributed by atoms with van der Waals surface area (Å²) in [6, 6.07) is 8.95. The molecule has 0 unspecified atom stereocenters. The van der Waals surface area contributed by atoms with Crippen molar-refractivity contribution in [2.75, 3.05) is 17.0 Å². The lowest BCUT2D eigenvalue weighted by molar-refractivity contribution is -0.117.